The van der Waals surface area contributed by atoms with Crippen molar-refractivity contribution in [2.24, 2.45) is 0 Å². The third-order valence-corrected chi connectivity index (χ3v) is 8.73. The summed E-state index contributed by atoms with van der Waals surface area (Å²) >= 11 is 0. The van der Waals surface area contributed by atoms with E-state index < -0.39 is 11.7 Å². The van der Waals surface area contributed by atoms with Crippen molar-refractivity contribution in [3.05, 3.63) is 70.9 Å². The summed E-state index contributed by atoms with van der Waals surface area (Å²) in [4.78, 5) is 30.9. The molecule has 11 heteroatoms. The van der Waals surface area contributed by atoms with E-state index in [0.29, 0.717) is 43.9 Å². The summed E-state index contributed by atoms with van der Waals surface area (Å²) in [7, 11) is 0. The molecule has 0 aliphatic carbocycles. The molecule has 3 aromatic rings. The molecule has 8 nitrogen and oxygen atoms in total. The third kappa shape index (κ3) is 5.62. The zero-order valence-electron chi connectivity index (χ0n) is 23.7. The van der Waals surface area contributed by atoms with E-state index in [9.17, 15) is 22.8 Å². The largest absolute Gasteiger partial charge is 0.416 e. The number of carbonyl (C=O) groups is 2. The van der Waals surface area contributed by atoms with E-state index in [1.807, 2.05) is 27.8 Å². The Hall–Kier alpha value is -3.86. The Kier molecular flexibility index (Phi) is 7.69. The van der Waals surface area contributed by atoms with Crippen molar-refractivity contribution in [1.82, 2.24) is 24.9 Å². The lowest BCUT2D eigenvalue weighted by Crippen LogP contribution is -2.53. The SMILES string of the molecule is CC(=O)N1CCc2c(c(-c3ccc(C(F)(F)F)cc3)nn2CCCN2CCC(N3C(=O)NCc4ccccc43)CC2)C1. The van der Waals surface area contributed by atoms with E-state index in [4.69, 9.17) is 5.10 Å². The minimum atomic E-state index is -4.40. The lowest BCUT2D eigenvalue weighted by Gasteiger charge is -2.41. The fourth-order valence-electron chi connectivity index (χ4n) is 6.46. The number of anilines is 1. The Bertz CT molecular complexity index is 1460. The molecule has 1 N–H and O–H groups in total. The maximum Gasteiger partial charge on any atom is 0.416 e. The van der Waals surface area contributed by atoms with E-state index in [1.165, 1.54) is 19.1 Å². The summed E-state index contributed by atoms with van der Waals surface area (Å²) in [5.74, 6) is -0.0271. The number of aryl methyl sites for hydroxylation is 1. The number of likely N-dealkylation sites (tertiary alicyclic amines) is 1. The number of alkyl halides is 3. The molecule has 222 valence electrons. The van der Waals surface area contributed by atoms with Crippen LogP contribution < -0.4 is 10.2 Å². The highest BCUT2D eigenvalue weighted by Crippen LogP contribution is 2.34. The van der Waals surface area contributed by atoms with Gasteiger partial charge in [-0.2, -0.15) is 18.3 Å². The van der Waals surface area contributed by atoms with E-state index in [0.717, 1.165) is 73.5 Å². The van der Waals surface area contributed by atoms with Gasteiger partial charge in [0.2, 0.25) is 5.91 Å². The standard InChI is InChI=1S/C31H35F3N6O2/c1-21(41)38-18-13-28-26(20-38)29(22-7-9-24(10-8-22)31(32,33)34)36-39(28)15-4-14-37-16-11-25(12-17-37)40-27-6-3-2-5-23(27)19-35-30(40)42/h2-3,5-10,25H,4,11-20H2,1H3,(H,35,42). The lowest BCUT2D eigenvalue weighted by molar-refractivity contribution is -0.137. The molecule has 4 heterocycles. The number of rotatable bonds is 6. The van der Waals surface area contributed by atoms with Gasteiger partial charge in [-0.25, -0.2) is 4.79 Å². The highest BCUT2D eigenvalue weighted by Gasteiger charge is 2.33. The molecule has 3 aliphatic rings. The molecule has 0 bridgehead atoms. The van der Waals surface area contributed by atoms with Crippen molar-refractivity contribution in [3.63, 3.8) is 0 Å². The number of hydrogen-bond acceptors (Lipinski definition) is 4. The van der Waals surface area contributed by atoms with Gasteiger partial charge in [0, 0.05) is 75.5 Å². The van der Waals surface area contributed by atoms with Gasteiger partial charge in [0.1, 0.15) is 0 Å². The highest BCUT2D eigenvalue weighted by molar-refractivity contribution is 5.95. The van der Waals surface area contributed by atoms with E-state index >= 15 is 0 Å². The van der Waals surface area contributed by atoms with Gasteiger partial charge in [-0.1, -0.05) is 30.3 Å². The van der Waals surface area contributed by atoms with E-state index in [2.05, 4.69) is 16.3 Å². The minimum Gasteiger partial charge on any atom is -0.338 e. The summed E-state index contributed by atoms with van der Waals surface area (Å²) in [6.07, 6.45) is -1.07. The van der Waals surface area contributed by atoms with Crippen LogP contribution in [-0.2, 0) is 37.0 Å². The molecule has 0 saturated carbocycles. The molecule has 3 amide bonds. The Morgan fingerprint density at radius 1 is 1.02 bits per heavy atom. The van der Waals surface area contributed by atoms with E-state index in [1.54, 1.807) is 4.90 Å². The van der Waals surface area contributed by atoms with Gasteiger partial charge in [-0.05, 0) is 49.6 Å². The Balaban J connectivity index is 1.11. The summed E-state index contributed by atoms with van der Waals surface area (Å²) in [6, 6.07) is 13.3. The average Bonchev–Trinajstić information content (AvgIpc) is 3.35. The van der Waals surface area contributed by atoms with Crippen molar-refractivity contribution in [1.29, 1.82) is 0 Å². The third-order valence-electron chi connectivity index (χ3n) is 8.73. The molecule has 1 fully saturated rings. The Morgan fingerprint density at radius 2 is 1.76 bits per heavy atom. The number of hydrogen-bond donors (Lipinski definition) is 1. The zero-order chi connectivity index (χ0) is 29.4. The van der Waals surface area contributed by atoms with Crippen LogP contribution >= 0.6 is 0 Å². The molecule has 3 aliphatic heterocycles. The molecule has 42 heavy (non-hydrogen) atoms. The maximum atomic E-state index is 13.1. The number of benzene rings is 2. The van der Waals surface area contributed by atoms with Gasteiger partial charge in [0.25, 0.3) is 0 Å². The number of halogens is 3. The van der Waals surface area contributed by atoms with Crippen LogP contribution in [0.2, 0.25) is 0 Å². The minimum absolute atomic E-state index is 0.0252. The number of amides is 3. The summed E-state index contributed by atoms with van der Waals surface area (Å²) in [6.45, 7) is 6.48. The Labute approximate surface area is 243 Å². The number of para-hydroxylation sites is 1. The molecule has 2 aromatic carbocycles. The van der Waals surface area contributed by atoms with Crippen molar-refractivity contribution in [3.8, 4) is 11.3 Å². The van der Waals surface area contributed by atoms with Crippen molar-refractivity contribution in [2.45, 2.75) is 64.5 Å². The van der Waals surface area contributed by atoms with Crippen molar-refractivity contribution < 1.29 is 22.8 Å². The number of urea groups is 1. The number of aromatic nitrogens is 2. The van der Waals surface area contributed by atoms with Crippen LogP contribution in [0.3, 0.4) is 0 Å². The number of carbonyl (C=O) groups excluding carboxylic acids is 2. The first-order chi connectivity index (χ1) is 20.2. The summed E-state index contributed by atoms with van der Waals surface area (Å²) < 4.78 is 41.4. The molecule has 0 spiro atoms. The monoisotopic (exact) mass is 580 g/mol. The first-order valence-electron chi connectivity index (χ1n) is 14.6. The first kappa shape index (κ1) is 28.3. The van der Waals surface area contributed by atoms with Crippen LogP contribution in [0.4, 0.5) is 23.7 Å². The number of nitrogens with zero attached hydrogens (tertiary/aromatic N) is 5. The van der Waals surface area contributed by atoms with Crippen LogP contribution in [0.1, 0.15) is 48.6 Å². The molecule has 0 atom stereocenters. The van der Waals surface area contributed by atoms with E-state index in [-0.39, 0.29) is 18.0 Å². The summed E-state index contributed by atoms with van der Waals surface area (Å²) in [5.41, 5.74) is 4.69. The Morgan fingerprint density at radius 3 is 2.48 bits per heavy atom. The predicted octanol–water partition coefficient (Wildman–Crippen LogP) is 5.06. The van der Waals surface area contributed by atoms with Crippen molar-refractivity contribution in [2.75, 3.05) is 31.1 Å². The molecule has 6 rings (SSSR count). The fourth-order valence-corrected chi connectivity index (χ4v) is 6.46. The number of nitrogens with one attached hydrogen (secondary N) is 1. The van der Waals surface area contributed by atoms with Gasteiger partial charge in [0.05, 0.1) is 16.9 Å². The molecular formula is C31H35F3N6O2. The second kappa shape index (κ2) is 11.4. The maximum absolute atomic E-state index is 13.1. The van der Waals surface area contributed by atoms with Gasteiger partial charge in [0.15, 0.2) is 0 Å². The average molecular weight is 581 g/mol. The van der Waals surface area contributed by atoms with Crippen molar-refractivity contribution >= 4 is 17.6 Å². The van der Waals surface area contributed by atoms with Crippen LogP contribution in [0.15, 0.2) is 48.5 Å². The molecule has 1 saturated heterocycles. The second-order valence-electron chi connectivity index (χ2n) is 11.3. The second-order valence-corrected chi connectivity index (χ2v) is 11.3. The molecule has 0 unspecified atom stereocenters. The van der Waals surface area contributed by atoms with Crippen LogP contribution in [0.25, 0.3) is 11.3 Å². The predicted molar refractivity (Wildman–Crippen MR) is 153 cm³/mol. The van der Waals surface area contributed by atoms with Crippen LogP contribution in [0.5, 0.6) is 0 Å². The number of piperidine rings is 1. The summed E-state index contributed by atoms with van der Waals surface area (Å²) in [5, 5.41) is 7.86. The van der Waals surface area contributed by atoms with Crippen LogP contribution in [0, 0.1) is 0 Å². The lowest BCUT2D eigenvalue weighted by atomic mass is 9.99. The van der Waals surface area contributed by atoms with Crippen LogP contribution in [-0.4, -0.2) is 63.7 Å². The van der Waals surface area contributed by atoms with Gasteiger partial charge < -0.3 is 15.1 Å². The molecule has 0 radical (unpaired) electrons. The number of fused-ring (bicyclic) bond motifs is 2. The fraction of sp³-hybridized carbons (Fsp3) is 0.452. The smallest absolute Gasteiger partial charge is 0.338 e. The molecule has 1 aromatic heterocycles. The van der Waals surface area contributed by atoms with Gasteiger partial charge >= 0.3 is 12.2 Å². The zero-order valence-corrected chi connectivity index (χ0v) is 23.7. The molecular weight excluding hydrogens is 545 g/mol. The van der Waals surface area contributed by atoms with Gasteiger partial charge in [-0.3, -0.25) is 14.4 Å². The van der Waals surface area contributed by atoms with Gasteiger partial charge in [-0.15, -0.1) is 0 Å². The highest BCUT2D eigenvalue weighted by atomic mass is 19.4. The normalized spacial score (nSPS) is 18.0. The first-order valence-corrected chi connectivity index (χ1v) is 14.6. The quantitative estimate of drug-likeness (QED) is 0.443. The topological polar surface area (TPSA) is 73.7 Å².